The lowest BCUT2D eigenvalue weighted by Gasteiger charge is -2.36. The average Bonchev–Trinajstić information content (AvgIpc) is 2.50. The van der Waals surface area contributed by atoms with Gasteiger partial charge >= 0.3 is 6.05 Å². The maximum atomic E-state index is 14.2. The van der Waals surface area contributed by atoms with Crippen molar-refractivity contribution in [3.05, 3.63) is 45.8 Å². The van der Waals surface area contributed by atoms with E-state index >= 15 is 0 Å². The number of alkyl halides is 2. The Morgan fingerprint density at radius 2 is 1.92 bits per heavy atom. The predicted molar refractivity (Wildman–Crippen MR) is 92.3 cm³/mol. The van der Waals surface area contributed by atoms with Crippen molar-refractivity contribution >= 4 is 8.32 Å². The minimum absolute atomic E-state index is 0.00578. The third kappa shape index (κ3) is 5.01. The van der Waals surface area contributed by atoms with Gasteiger partial charge in [-0.3, -0.25) is 0 Å². The van der Waals surface area contributed by atoms with E-state index in [1.807, 2.05) is 4.91 Å². The van der Waals surface area contributed by atoms with E-state index in [2.05, 4.69) is 43.7 Å². The van der Waals surface area contributed by atoms with Crippen LogP contribution in [0.15, 0.2) is 29.4 Å². The topological polar surface area (TPSA) is 67.2 Å². The van der Waals surface area contributed by atoms with Gasteiger partial charge in [-0.2, -0.15) is 8.78 Å². The monoisotopic (exact) mass is 361 g/mol. The van der Waals surface area contributed by atoms with E-state index in [4.69, 9.17) is 15.4 Å². The maximum Gasteiger partial charge on any atom is 0.355 e. The lowest BCUT2D eigenvalue weighted by atomic mass is 10.1. The summed E-state index contributed by atoms with van der Waals surface area (Å²) in [4.78, 5) is 2.00. The van der Waals surface area contributed by atoms with Gasteiger partial charge in [0.2, 0.25) is 0 Å². The van der Waals surface area contributed by atoms with Crippen LogP contribution in [0.4, 0.5) is 8.78 Å². The molecule has 0 N–H and O–H groups in total. The fourth-order valence-corrected chi connectivity index (χ4v) is 2.59. The normalized spacial score (nSPS) is 18.5. The van der Waals surface area contributed by atoms with Crippen molar-refractivity contribution in [1.82, 2.24) is 0 Å². The smallest absolute Gasteiger partial charge is 0.355 e. The minimum Gasteiger partial charge on any atom is -0.413 e. The number of azide groups is 1. The molecule has 1 unspecified atom stereocenters. The average molecular weight is 362 g/mol. The van der Waals surface area contributed by atoms with Crippen LogP contribution in [0, 0.1) is 0 Å². The fraction of sp³-hybridized carbons (Fsp3) is 0.625. The second-order valence-electron chi connectivity index (χ2n) is 6.91. The second kappa shape index (κ2) is 7.61. The molecule has 1 atom stereocenters. The molecule has 8 heteroatoms. The molecule has 0 radical (unpaired) electrons. The van der Waals surface area contributed by atoms with Crippen LogP contribution in [0.2, 0.25) is 18.1 Å². The summed E-state index contributed by atoms with van der Waals surface area (Å²) in [5.41, 5.74) is 8.56. The zero-order chi connectivity index (χ0) is 22.0. The van der Waals surface area contributed by atoms with Gasteiger partial charge in [-0.15, -0.1) is 0 Å². The summed E-state index contributed by atoms with van der Waals surface area (Å²) < 4.78 is 68.1. The number of rotatable bonds is 7. The molecule has 0 aromatic heterocycles. The van der Waals surface area contributed by atoms with Gasteiger partial charge in [-0.05, 0) is 39.9 Å². The van der Waals surface area contributed by atoms with Gasteiger partial charge in [0.15, 0.2) is 14.4 Å². The van der Waals surface area contributed by atoms with Crippen LogP contribution in [-0.4, -0.2) is 21.4 Å². The summed E-state index contributed by atoms with van der Waals surface area (Å²) in [5, 5.41) is 2.27. The lowest BCUT2D eigenvalue weighted by Crippen LogP contribution is -2.40. The molecule has 1 aromatic rings. The van der Waals surface area contributed by atoms with E-state index < -0.39 is 33.0 Å². The summed E-state index contributed by atoms with van der Waals surface area (Å²) in [5.74, 6) is 0. The highest BCUT2D eigenvalue weighted by atomic mass is 28.4. The number of halogens is 2. The van der Waals surface area contributed by atoms with Crippen molar-refractivity contribution in [2.45, 2.75) is 57.6 Å². The van der Waals surface area contributed by atoms with Gasteiger partial charge in [-0.25, -0.2) is 0 Å². The van der Waals surface area contributed by atoms with Crippen LogP contribution in [0.3, 0.4) is 0 Å². The van der Waals surface area contributed by atoms with Gasteiger partial charge in [0.25, 0.3) is 0 Å². The molecule has 0 aliphatic rings. The van der Waals surface area contributed by atoms with Gasteiger partial charge in [0, 0.05) is 11.9 Å². The van der Waals surface area contributed by atoms with E-state index in [-0.39, 0.29) is 11.6 Å². The highest BCUT2D eigenvalue weighted by Gasteiger charge is 2.40. The van der Waals surface area contributed by atoms with E-state index in [1.165, 1.54) is 12.1 Å². The van der Waals surface area contributed by atoms with Gasteiger partial charge in [-0.1, -0.05) is 45.0 Å². The molecule has 0 aliphatic carbocycles. The number of methoxy groups -OCH3 is 1. The Morgan fingerprint density at radius 1 is 1.33 bits per heavy atom. The molecule has 0 saturated heterocycles. The molecule has 0 saturated carbocycles. The lowest BCUT2D eigenvalue weighted by molar-refractivity contribution is -0.121. The molecule has 1 rings (SSSR count). The first-order valence-corrected chi connectivity index (χ1v) is 10.2. The Morgan fingerprint density at radius 3 is 2.38 bits per heavy atom. The van der Waals surface area contributed by atoms with Crippen molar-refractivity contribution in [2.75, 3.05) is 7.04 Å². The Balaban J connectivity index is 3.18. The fourth-order valence-electron chi connectivity index (χ4n) is 1.63. The van der Waals surface area contributed by atoms with Crippen LogP contribution < -0.4 is 0 Å². The van der Waals surface area contributed by atoms with Crippen LogP contribution in [0.5, 0.6) is 0 Å². The summed E-state index contributed by atoms with van der Waals surface area (Å²) in [7, 11) is -5.33. The summed E-state index contributed by atoms with van der Waals surface area (Å²) in [6, 6.07) is 0.727. The SMILES string of the molecule is [2H]C([2H])([2H])OC([2H])(c1ccc(CO[Si](C)(C)C(C)(C)C)cc1)C(F)(F)N=[N+]=[N-]. The second-order valence-corrected chi connectivity index (χ2v) is 11.7. The summed E-state index contributed by atoms with van der Waals surface area (Å²) in [6.07, 6.45) is -3.41. The van der Waals surface area contributed by atoms with Crippen LogP contribution in [-0.2, 0) is 15.8 Å². The molecule has 0 bridgehead atoms. The first-order valence-electron chi connectivity index (χ1n) is 9.33. The third-order valence-corrected chi connectivity index (χ3v) is 8.65. The minimum atomic E-state index is -4.45. The van der Waals surface area contributed by atoms with E-state index in [0.717, 1.165) is 12.1 Å². The molecule has 24 heavy (non-hydrogen) atoms. The van der Waals surface area contributed by atoms with Gasteiger partial charge in [0.05, 0.1) is 12.1 Å². The summed E-state index contributed by atoms with van der Waals surface area (Å²) in [6.45, 7) is 10.6. The van der Waals surface area contributed by atoms with Crippen molar-refractivity contribution in [3.63, 3.8) is 0 Å². The third-order valence-electron chi connectivity index (χ3n) is 4.17. The van der Waals surface area contributed by atoms with E-state index in [1.54, 1.807) is 0 Å². The number of hydrogen-bond donors (Lipinski definition) is 0. The maximum absolute atomic E-state index is 14.2. The zero-order valence-corrected chi connectivity index (χ0v) is 15.4. The largest absolute Gasteiger partial charge is 0.413 e. The Hall–Kier alpha value is -1.47. The van der Waals surface area contributed by atoms with Crippen LogP contribution >= 0.6 is 0 Å². The van der Waals surface area contributed by atoms with Crippen LogP contribution in [0.25, 0.3) is 10.4 Å². The molecule has 0 spiro atoms. The van der Waals surface area contributed by atoms with Crippen molar-refractivity contribution in [3.8, 4) is 0 Å². The van der Waals surface area contributed by atoms with Crippen molar-refractivity contribution < 1.29 is 23.4 Å². The van der Waals surface area contributed by atoms with Crippen LogP contribution in [0.1, 0.15) is 43.5 Å². The first-order chi connectivity index (χ1) is 12.5. The predicted octanol–water partition coefficient (Wildman–Crippen LogP) is 5.80. The number of hydrogen-bond acceptors (Lipinski definition) is 3. The number of ether oxygens (including phenoxy) is 1. The van der Waals surface area contributed by atoms with Crippen molar-refractivity contribution in [2.24, 2.45) is 5.11 Å². The molecule has 0 fully saturated rings. The molecule has 0 heterocycles. The molecular weight excluding hydrogens is 332 g/mol. The molecule has 1 aromatic carbocycles. The highest BCUT2D eigenvalue weighted by Crippen LogP contribution is 2.38. The molecule has 0 aliphatic heterocycles. The Bertz CT molecular complexity index is 733. The van der Waals surface area contributed by atoms with Crippen molar-refractivity contribution in [1.29, 1.82) is 0 Å². The molecule has 0 amide bonds. The first kappa shape index (κ1) is 14.8. The highest BCUT2D eigenvalue weighted by molar-refractivity contribution is 6.74. The Kier molecular flexibility index (Phi) is 4.70. The molecular formula is C16H25F2N3O2Si. The summed E-state index contributed by atoms with van der Waals surface area (Å²) >= 11 is 0. The van der Waals surface area contributed by atoms with Gasteiger partial charge < -0.3 is 9.16 Å². The Labute approximate surface area is 148 Å². The molecule has 134 valence electrons. The zero-order valence-electron chi connectivity index (χ0n) is 18.4. The molecule has 5 nitrogen and oxygen atoms in total. The quantitative estimate of drug-likeness (QED) is 0.202. The standard InChI is InChI=1S/C16H25F2N3O2Si/c1-15(2,3)24(5,6)23-11-12-7-9-13(10-8-12)14(22-4)16(17,18)20-21-19/h7-10,14H,11H2,1-6H3/i4D3,14D. The van der Waals surface area contributed by atoms with E-state index in [0.29, 0.717) is 5.56 Å². The van der Waals surface area contributed by atoms with E-state index in [9.17, 15) is 8.78 Å². The van der Waals surface area contributed by atoms with Gasteiger partial charge in [0.1, 0.15) is 0 Å². The number of benzene rings is 1. The number of nitrogens with zero attached hydrogens (tertiary/aromatic N) is 3.